The molecular weight excluding hydrogens is 397 g/mol. The molecule has 3 rings (SSSR count). The Morgan fingerprint density at radius 2 is 1.40 bits per heavy atom. The summed E-state index contributed by atoms with van der Waals surface area (Å²) in [4.78, 5) is 0. The van der Waals surface area contributed by atoms with Crippen LogP contribution in [-0.2, 0) is 0 Å². The fourth-order valence-corrected chi connectivity index (χ4v) is 2.14. The monoisotopic (exact) mass is 410 g/mol. The van der Waals surface area contributed by atoms with Crippen LogP contribution in [0.2, 0.25) is 0 Å². The van der Waals surface area contributed by atoms with Gasteiger partial charge in [-0.15, -0.1) is 5.56 Å². The standard InChI is InChI=1S/C18H13O.Ho/c19-18-12-11-16(14-7-3-1-4-8-14)13-17(18)15-9-5-2-6-10-15;/h2-13,19H;/q-1;. The second-order valence-corrected chi connectivity index (χ2v) is 4.39. The van der Waals surface area contributed by atoms with E-state index in [2.05, 4.69) is 6.07 Å². The summed E-state index contributed by atoms with van der Waals surface area (Å²) in [5, 5.41) is 10.0. The number of phenolic OH excluding ortho intramolecular Hbond substituents is 1. The van der Waals surface area contributed by atoms with Gasteiger partial charge in [-0.25, -0.2) is 0 Å². The molecule has 20 heavy (non-hydrogen) atoms. The molecule has 0 spiro atoms. The second-order valence-electron chi connectivity index (χ2n) is 4.39. The summed E-state index contributed by atoms with van der Waals surface area (Å²) in [5.74, 6) is 0.303. The molecule has 0 atom stereocenters. The van der Waals surface area contributed by atoms with Crippen molar-refractivity contribution in [3.8, 4) is 28.0 Å². The van der Waals surface area contributed by atoms with Crippen LogP contribution >= 0.6 is 0 Å². The molecule has 1 radical (unpaired) electrons. The third kappa shape index (κ3) is 3.24. The first-order valence-corrected chi connectivity index (χ1v) is 6.19. The molecule has 0 aliphatic rings. The second kappa shape index (κ2) is 6.94. The van der Waals surface area contributed by atoms with Crippen molar-refractivity contribution in [2.45, 2.75) is 0 Å². The molecule has 0 aliphatic carbocycles. The molecule has 0 unspecified atom stereocenters. The summed E-state index contributed by atoms with van der Waals surface area (Å²) >= 11 is 0. The summed E-state index contributed by atoms with van der Waals surface area (Å²) in [7, 11) is 0. The zero-order valence-electron chi connectivity index (χ0n) is 10.7. The summed E-state index contributed by atoms with van der Waals surface area (Å²) < 4.78 is 0. The topological polar surface area (TPSA) is 20.2 Å². The Labute approximate surface area is 148 Å². The Balaban J connectivity index is 0.00000147. The number of benzene rings is 3. The number of aromatic hydroxyl groups is 1. The summed E-state index contributed by atoms with van der Waals surface area (Å²) in [6.07, 6.45) is 0. The molecule has 103 valence electrons. The zero-order chi connectivity index (χ0) is 13.1. The Hall–Kier alpha value is -1.28. The van der Waals surface area contributed by atoms with Gasteiger partial charge in [0.05, 0.1) is 0 Å². The minimum absolute atomic E-state index is 0. The van der Waals surface area contributed by atoms with Crippen LogP contribution in [0, 0.1) is 43.8 Å². The van der Waals surface area contributed by atoms with Gasteiger partial charge < -0.3 is 5.11 Å². The van der Waals surface area contributed by atoms with Gasteiger partial charge in [-0.3, -0.25) is 0 Å². The zero-order valence-corrected chi connectivity index (χ0v) is 12.6. The van der Waals surface area contributed by atoms with Crippen molar-refractivity contribution < 1.29 is 42.8 Å². The van der Waals surface area contributed by atoms with Crippen molar-refractivity contribution in [1.29, 1.82) is 0 Å². The molecule has 1 nitrogen and oxygen atoms in total. The van der Waals surface area contributed by atoms with Crippen LogP contribution in [-0.4, -0.2) is 5.11 Å². The number of hydrogen-bond acceptors (Lipinski definition) is 1. The molecule has 0 amide bonds. The van der Waals surface area contributed by atoms with Crippen LogP contribution in [0.4, 0.5) is 0 Å². The Kier molecular flexibility index (Phi) is 5.24. The largest absolute Gasteiger partial charge is 0.507 e. The van der Waals surface area contributed by atoms with Crippen molar-refractivity contribution in [3.05, 3.63) is 78.9 Å². The van der Waals surface area contributed by atoms with Gasteiger partial charge in [0.2, 0.25) is 0 Å². The molecular formula is C18H13HoO-. The maximum Gasteiger partial charge on any atom is 0.123 e. The van der Waals surface area contributed by atoms with Crippen molar-refractivity contribution in [2.75, 3.05) is 0 Å². The summed E-state index contributed by atoms with van der Waals surface area (Å²) in [6.45, 7) is 0. The van der Waals surface area contributed by atoms with Gasteiger partial charge in [0.1, 0.15) is 5.75 Å². The van der Waals surface area contributed by atoms with Crippen molar-refractivity contribution >= 4 is 0 Å². The first-order valence-electron chi connectivity index (χ1n) is 6.19. The molecule has 1 N–H and O–H groups in total. The SMILES string of the molecule is Oc1ccc(-c2cc[c-]cc2)cc1-c1ccccc1.[Ho]. The van der Waals surface area contributed by atoms with Crippen LogP contribution < -0.4 is 0 Å². The van der Waals surface area contributed by atoms with Crippen molar-refractivity contribution in [3.63, 3.8) is 0 Å². The van der Waals surface area contributed by atoms with Crippen LogP contribution in [0.1, 0.15) is 0 Å². The van der Waals surface area contributed by atoms with E-state index < -0.39 is 0 Å². The van der Waals surface area contributed by atoms with E-state index in [4.69, 9.17) is 0 Å². The van der Waals surface area contributed by atoms with Crippen LogP contribution in [0.25, 0.3) is 22.3 Å². The molecule has 3 aromatic carbocycles. The van der Waals surface area contributed by atoms with Gasteiger partial charge in [-0.05, 0) is 23.3 Å². The van der Waals surface area contributed by atoms with E-state index in [1.807, 2.05) is 66.7 Å². The minimum Gasteiger partial charge on any atom is -0.507 e. The van der Waals surface area contributed by atoms with Gasteiger partial charge in [0.15, 0.2) is 0 Å². The average molecular weight is 410 g/mol. The molecule has 0 heterocycles. The Morgan fingerprint density at radius 1 is 0.700 bits per heavy atom. The smallest absolute Gasteiger partial charge is 0.123 e. The Bertz CT molecular complexity index is 678. The number of phenols is 1. The van der Waals surface area contributed by atoms with E-state index in [-0.39, 0.29) is 37.7 Å². The first-order chi connectivity index (χ1) is 9.34. The Morgan fingerprint density at radius 3 is 2.10 bits per heavy atom. The average Bonchev–Trinajstić information content (AvgIpc) is 2.49. The molecule has 2 heteroatoms. The normalized spacial score (nSPS) is 9.80. The van der Waals surface area contributed by atoms with Gasteiger partial charge in [-0.1, -0.05) is 36.4 Å². The molecule has 3 aromatic rings. The van der Waals surface area contributed by atoms with Gasteiger partial charge in [0.25, 0.3) is 0 Å². The van der Waals surface area contributed by atoms with Crippen molar-refractivity contribution in [2.24, 2.45) is 0 Å². The van der Waals surface area contributed by atoms with Crippen LogP contribution in [0.5, 0.6) is 5.75 Å². The quantitative estimate of drug-likeness (QED) is 0.487. The summed E-state index contributed by atoms with van der Waals surface area (Å²) in [6, 6.07) is 26.4. The molecule has 0 aromatic heterocycles. The fraction of sp³-hybridized carbons (Fsp3) is 0. The van der Waals surface area contributed by atoms with Gasteiger partial charge in [-0.2, -0.15) is 30.3 Å². The maximum atomic E-state index is 10.0. The summed E-state index contributed by atoms with van der Waals surface area (Å²) in [5.41, 5.74) is 4.08. The number of hydrogen-bond donors (Lipinski definition) is 1. The first kappa shape index (κ1) is 15.1. The van der Waals surface area contributed by atoms with Gasteiger partial charge >= 0.3 is 0 Å². The fourth-order valence-electron chi connectivity index (χ4n) is 2.14. The van der Waals surface area contributed by atoms with Gasteiger partial charge in [0, 0.05) is 43.3 Å². The van der Waals surface area contributed by atoms with Crippen LogP contribution in [0.3, 0.4) is 0 Å². The van der Waals surface area contributed by atoms with Crippen molar-refractivity contribution in [1.82, 2.24) is 0 Å². The predicted octanol–water partition coefficient (Wildman–Crippen LogP) is 4.53. The van der Waals surface area contributed by atoms with E-state index in [0.29, 0.717) is 5.75 Å². The molecule has 0 saturated heterocycles. The minimum atomic E-state index is 0. The molecule has 0 fully saturated rings. The van der Waals surface area contributed by atoms with Crippen LogP contribution in [0.15, 0.2) is 72.8 Å². The third-order valence-corrected chi connectivity index (χ3v) is 3.13. The van der Waals surface area contributed by atoms with E-state index in [1.165, 1.54) is 0 Å². The molecule has 0 aliphatic heterocycles. The number of rotatable bonds is 2. The molecule has 0 bridgehead atoms. The molecule has 0 saturated carbocycles. The van der Waals surface area contributed by atoms with E-state index in [1.54, 1.807) is 6.07 Å². The maximum absolute atomic E-state index is 10.0. The van der Waals surface area contributed by atoms with E-state index >= 15 is 0 Å². The predicted molar refractivity (Wildman–Crippen MR) is 77.8 cm³/mol. The van der Waals surface area contributed by atoms with E-state index in [0.717, 1.165) is 22.3 Å². The third-order valence-electron chi connectivity index (χ3n) is 3.13. The van der Waals surface area contributed by atoms with E-state index in [9.17, 15) is 5.11 Å².